The van der Waals surface area contributed by atoms with Crippen molar-refractivity contribution in [3.63, 3.8) is 0 Å². The molecule has 9 heteroatoms. The fourth-order valence-electron chi connectivity index (χ4n) is 3.35. The fraction of sp³-hybridized carbons (Fsp3) is 0.160. The van der Waals surface area contributed by atoms with Gasteiger partial charge in [0.1, 0.15) is 18.1 Å². The number of benzene rings is 2. The van der Waals surface area contributed by atoms with E-state index in [4.69, 9.17) is 9.47 Å². The molecule has 0 saturated carbocycles. The highest BCUT2D eigenvalue weighted by molar-refractivity contribution is 5.95. The number of imidazole rings is 1. The maximum Gasteiger partial charge on any atom is 0.243 e. The zero-order valence-corrected chi connectivity index (χ0v) is 18.5. The summed E-state index contributed by atoms with van der Waals surface area (Å²) in [5.74, 6) is -0.268. The molecule has 0 unspecified atom stereocenters. The van der Waals surface area contributed by atoms with Crippen LogP contribution in [-0.4, -0.2) is 34.9 Å². The van der Waals surface area contributed by atoms with Crippen LogP contribution in [0.2, 0.25) is 0 Å². The third-order valence-electron chi connectivity index (χ3n) is 4.94. The maximum absolute atomic E-state index is 13.2. The molecule has 0 radical (unpaired) electrons. The molecule has 8 nitrogen and oxygen atoms in total. The number of hydrogen-bond donors (Lipinski definition) is 2. The largest absolute Gasteiger partial charge is 0.493 e. The van der Waals surface area contributed by atoms with Crippen LogP contribution in [-0.2, 0) is 22.6 Å². The topological polar surface area (TPSA) is 94.0 Å². The smallest absolute Gasteiger partial charge is 0.243 e. The van der Waals surface area contributed by atoms with Gasteiger partial charge in [0.2, 0.25) is 11.8 Å². The number of pyridine rings is 1. The SMILES string of the molecule is COc1ccc(NC(=O)CNC(=O)Cc2cccc(F)c2)cc1OCc1cn2ccccc2n1. The number of carbonyl (C=O) groups is 2. The zero-order valence-electron chi connectivity index (χ0n) is 18.5. The van der Waals surface area contributed by atoms with Crippen molar-refractivity contribution in [1.29, 1.82) is 0 Å². The van der Waals surface area contributed by atoms with Gasteiger partial charge in [-0.1, -0.05) is 18.2 Å². The van der Waals surface area contributed by atoms with Gasteiger partial charge >= 0.3 is 0 Å². The molecule has 0 bridgehead atoms. The predicted octanol–water partition coefficient (Wildman–Crippen LogP) is 3.36. The minimum Gasteiger partial charge on any atom is -0.493 e. The number of rotatable bonds is 9. The molecular weight excluding hydrogens is 439 g/mol. The van der Waals surface area contributed by atoms with E-state index in [-0.39, 0.29) is 25.5 Å². The Bertz CT molecular complexity index is 1290. The van der Waals surface area contributed by atoms with E-state index in [1.807, 2.05) is 35.0 Å². The molecule has 0 aliphatic heterocycles. The molecule has 4 rings (SSSR count). The van der Waals surface area contributed by atoms with Gasteiger partial charge in [-0.05, 0) is 42.0 Å². The normalized spacial score (nSPS) is 10.6. The van der Waals surface area contributed by atoms with Crippen LogP contribution in [0.25, 0.3) is 5.65 Å². The summed E-state index contributed by atoms with van der Waals surface area (Å²) in [6.45, 7) is -0.0107. The Morgan fingerprint density at radius 2 is 1.91 bits per heavy atom. The summed E-state index contributed by atoms with van der Waals surface area (Å²) < 4.78 is 26.4. The van der Waals surface area contributed by atoms with Crippen molar-refractivity contribution in [1.82, 2.24) is 14.7 Å². The molecule has 0 saturated heterocycles. The predicted molar refractivity (Wildman–Crippen MR) is 124 cm³/mol. The summed E-state index contributed by atoms with van der Waals surface area (Å²) in [5, 5.41) is 5.24. The van der Waals surface area contributed by atoms with E-state index in [9.17, 15) is 14.0 Å². The summed E-state index contributed by atoms with van der Waals surface area (Å²) in [6, 6.07) is 16.5. The molecule has 0 fully saturated rings. The molecule has 34 heavy (non-hydrogen) atoms. The van der Waals surface area contributed by atoms with Gasteiger partial charge in [-0.25, -0.2) is 9.37 Å². The van der Waals surface area contributed by atoms with Crippen molar-refractivity contribution in [3.05, 3.63) is 90.1 Å². The maximum atomic E-state index is 13.2. The quantitative estimate of drug-likeness (QED) is 0.398. The number of amides is 2. The first-order valence-corrected chi connectivity index (χ1v) is 10.5. The third kappa shape index (κ3) is 5.89. The van der Waals surface area contributed by atoms with Gasteiger partial charge in [0.25, 0.3) is 0 Å². The number of fused-ring (bicyclic) bond motifs is 1. The van der Waals surface area contributed by atoms with Gasteiger partial charge in [-0.3, -0.25) is 9.59 Å². The fourth-order valence-corrected chi connectivity index (χ4v) is 3.35. The van der Waals surface area contributed by atoms with Gasteiger partial charge in [-0.2, -0.15) is 0 Å². The van der Waals surface area contributed by atoms with Crippen LogP contribution in [0.5, 0.6) is 11.5 Å². The highest BCUT2D eigenvalue weighted by atomic mass is 19.1. The number of nitrogens with one attached hydrogen (secondary N) is 2. The molecule has 0 spiro atoms. The van der Waals surface area contributed by atoms with Crippen LogP contribution >= 0.6 is 0 Å². The van der Waals surface area contributed by atoms with Crippen molar-refractivity contribution in [2.45, 2.75) is 13.0 Å². The van der Waals surface area contributed by atoms with E-state index < -0.39 is 11.7 Å². The molecule has 2 heterocycles. The second-order valence-corrected chi connectivity index (χ2v) is 7.48. The molecule has 174 valence electrons. The number of anilines is 1. The Morgan fingerprint density at radius 3 is 2.71 bits per heavy atom. The molecule has 4 aromatic rings. The van der Waals surface area contributed by atoms with Crippen molar-refractivity contribution in [3.8, 4) is 11.5 Å². The number of aromatic nitrogens is 2. The summed E-state index contributed by atoms with van der Waals surface area (Å²) >= 11 is 0. The number of nitrogens with zero attached hydrogens (tertiary/aromatic N) is 2. The lowest BCUT2D eigenvalue weighted by Crippen LogP contribution is -2.33. The molecule has 0 aliphatic rings. The molecule has 0 atom stereocenters. The van der Waals surface area contributed by atoms with Crippen molar-refractivity contribution in [2.24, 2.45) is 0 Å². The van der Waals surface area contributed by atoms with E-state index in [1.165, 1.54) is 25.3 Å². The first kappa shape index (κ1) is 22.8. The van der Waals surface area contributed by atoms with Crippen LogP contribution < -0.4 is 20.1 Å². The minimum absolute atomic E-state index is 0.0192. The number of hydrogen-bond acceptors (Lipinski definition) is 5. The van der Waals surface area contributed by atoms with Gasteiger partial charge in [0.05, 0.1) is 25.8 Å². The number of carbonyl (C=O) groups excluding carboxylic acids is 2. The van der Waals surface area contributed by atoms with Gasteiger partial charge in [-0.15, -0.1) is 0 Å². The monoisotopic (exact) mass is 462 g/mol. The molecular formula is C25H23FN4O4. The summed E-state index contributed by atoms with van der Waals surface area (Å²) in [7, 11) is 1.53. The number of halogens is 1. The van der Waals surface area contributed by atoms with E-state index in [0.717, 1.165) is 11.3 Å². The lowest BCUT2D eigenvalue weighted by Gasteiger charge is -2.12. The molecule has 2 aromatic heterocycles. The van der Waals surface area contributed by atoms with Crippen LogP contribution in [0.3, 0.4) is 0 Å². The van der Waals surface area contributed by atoms with Gasteiger partial charge in [0, 0.05) is 24.1 Å². The lowest BCUT2D eigenvalue weighted by atomic mass is 10.1. The van der Waals surface area contributed by atoms with Gasteiger partial charge < -0.3 is 24.5 Å². The van der Waals surface area contributed by atoms with Crippen molar-refractivity contribution >= 4 is 23.1 Å². The Labute approximate surface area is 195 Å². The Kier molecular flexibility index (Phi) is 7.02. The lowest BCUT2D eigenvalue weighted by molar-refractivity contribution is -0.123. The molecule has 2 N–H and O–H groups in total. The average Bonchev–Trinajstić information content (AvgIpc) is 3.25. The number of methoxy groups -OCH3 is 1. The van der Waals surface area contributed by atoms with Crippen molar-refractivity contribution in [2.75, 3.05) is 19.0 Å². The van der Waals surface area contributed by atoms with Gasteiger partial charge in [0.15, 0.2) is 11.5 Å². The average molecular weight is 462 g/mol. The van der Waals surface area contributed by atoms with Crippen LogP contribution in [0.15, 0.2) is 73.1 Å². The standard InChI is InChI=1S/C25H23FN4O4/c1-33-21-9-8-19(13-22(21)34-16-20-15-30-10-3-2-7-23(30)28-20)29-25(32)14-27-24(31)12-17-5-4-6-18(26)11-17/h2-11,13,15H,12,14,16H2,1H3,(H,27,31)(H,29,32). The highest BCUT2D eigenvalue weighted by Crippen LogP contribution is 2.31. The summed E-state index contributed by atoms with van der Waals surface area (Å²) in [6.07, 6.45) is 3.76. The Hall–Kier alpha value is -4.40. The van der Waals surface area contributed by atoms with E-state index in [1.54, 1.807) is 24.3 Å². The van der Waals surface area contributed by atoms with Crippen LogP contribution in [0.4, 0.5) is 10.1 Å². The molecule has 2 aromatic carbocycles. The third-order valence-corrected chi connectivity index (χ3v) is 4.94. The Morgan fingerprint density at radius 1 is 1.03 bits per heavy atom. The van der Waals surface area contributed by atoms with E-state index >= 15 is 0 Å². The number of ether oxygens (including phenoxy) is 2. The highest BCUT2D eigenvalue weighted by Gasteiger charge is 2.11. The summed E-state index contributed by atoms with van der Waals surface area (Å²) in [5.41, 5.74) is 2.56. The molecule has 0 aliphatic carbocycles. The van der Waals surface area contributed by atoms with Crippen molar-refractivity contribution < 1.29 is 23.5 Å². The van der Waals surface area contributed by atoms with E-state index in [2.05, 4.69) is 15.6 Å². The molecule has 2 amide bonds. The second kappa shape index (κ2) is 10.5. The second-order valence-electron chi connectivity index (χ2n) is 7.48. The Balaban J connectivity index is 1.33. The zero-order chi connectivity index (χ0) is 23.9. The van der Waals surface area contributed by atoms with E-state index in [0.29, 0.717) is 22.7 Å². The minimum atomic E-state index is -0.415. The van der Waals surface area contributed by atoms with Crippen LogP contribution in [0, 0.1) is 5.82 Å². The first-order chi connectivity index (χ1) is 16.5. The van der Waals surface area contributed by atoms with Crippen LogP contribution in [0.1, 0.15) is 11.3 Å². The summed E-state index contributed by atoms with van der Waals surface area (Å²) in [4.78, 5) is 28.8. The first-order valence-electron chi connectivity index (χ1n) is 10.5.